The molecule has 3 aromatic carbocycles. The van der Waals surface area contributed by atoms with Crippen LogP contribution in [0.2, 0.25) is 0 Å². The highest BCUT2D eigenvalue weighted by molar-refractivity contribution is 5.98. The summed E-state index contributed by atoms with van der Waals surface area (Å²) in [4.78, 5) is 12.4. The zero-order chi connectivity index (χ0) is 19.9. The van der Waals surface area contributed by atoms with E-state index in [4.69, 9.17) is 4.98 Å². The number of H-pyrrole nitrogens is 1. The van der Waals surface area contributed by atoms with Crippen LogP contribution in [0.15, 0.2) is 79.3 Å². The summed E-state index contributed by atoms with van der Waals surface area (Å²) in [5.74, 6) is 0. The number of halogens is 2. The molecule has 0 amide bonds. The Morgan fingerprint density at radius 1 is 0.844 bits per heavy atom. The minimum atomic E-state index is 0. The summed E-state index contributed by atoms with van der Waals surface area (Å²) in [6.07, 6.45) is 5.93. The van der Waals surface area contributed by atoms with Gasteiger partial charge in [0.25, 0.3) is 0 Å². The van der Waals surface area contributed by atoms with E-state index in [1.807, 2.05) is 6.20 Å². The second-order valence-electron chi connectivity index (χ2n) is 8.05. The lowest BCUT2D eigenvalue weighted by atomic mass is 9.98. The van der Waals surface area contributed by atoms with E-state index in [1.165, 1.54) is 21.9 Å². The molecule has 0 radical (unpaired) electrons. The second kappa shape index (κ2) is 9.29. The van der Waals surface area contributed by atoms with E-state index in [2.05, 4.69) is 82.0 Å². The molecule has 5 aromatic rings. The normalized spacial score (nSPS) is 13.0. The van der Waals surface area contributed by atoms with Gasteiger partial charge in [0, 0.05) is 29.7 Å². The maximum atomic E-state index is 4.87. The number of rotatable bonds is 4. The van der Waals surface area contributed by atoms with Crippen LogP contribution in [-0.2, 0) is 19.4 Å². The van der Waals surface area contributed by atoms with Crippen molar-refractivity contribution in [2.24, 2.45) is 0 Å². The molecule has 6 heteroatoms. The Balaban J connectivity index is 0.00000122. The minimum absolute atomic E-state index is 0. The Morgan fingerprint density at radius 2 is 1.56 bits per heavy atom. The Morgan fingerprint density at radius 3 is 2.34 bits per heavy atom. The van der Waals surface area contributed by atoms with E-state index in [9.17, 15) is 0 Å². The number of benzene rings is 3. The van der Waals surface area contributed by atoms with Gasteiger partial charge in [0.05, 0.1) is 23.1 Å². The zero-order valence-corrected chi connectivity index (χ0v) is 19.0. The number of pyridine rings is 1. The highest BCUT2D eigenvalue weighted by atomic mass is 35.5. The van der Waals surface area contributed by atoms with Crippen molar-refractivity contribution in [2.75, 3.05) is 0 Å². The maximum Gasteiger partial charge on any atom is 0.0931 e. The predicted molar refractivity (Wildman–Crippen MR) is 136 cm³/mol. The van der Waals surface area contributed by atoms with Gasteiger partial charge in [0.15, 0.2) is 0 Å². The van der Waals surface area contributed by atoms with Crippen molar-refractivity contribution >= 4 is 46.6 Å². The van der Waals surface area contributed by atoms with Crippen molar-refractivity contribution in [3.8, 4) is 11.1 Å². The molecule has 0 saturated heterocycles. The molecule has 0 aliphatic heterocycles. The SMILES string of the molecule is Cl.Cl.c1ccc2c(c1)CC(NCc1ncc(-c3ccc4[nH]cnc4c3)c3ccccc13)C2. The van der Waals surface area contributed by atoms with Gasteiger partial charge in [-0.1, -0.05) is 54.6 Å². The maximum absolute atomic E-state index is 4.87. The van der Waals surface area contributed by atoms with E-state index >= 15 is 0 Å². The number of imidazole rings is 1. The van der Waals surface area contributed by atoms with Crippen LogP contribution in [0.3, 0.4) is 0 Å². The zero-order valence-electron chi connectivity index (χ0n) is 17.4. The summed E-state index contributed by atoms with van der Waals surface area (Å²) >= 11 is 0. The molecule has 2 heterocycles. The topological polar surface area (TPSA) is 53.6 Å². The number of fused-ring (bicyclic) bond motifs is 3. The number of aromatic amines is 1. The molecule has 0 bridgehead atoms. The van der Waals surface area contributed by atoms with Gasteiger partial charge in [-0.3, -0.25) is 4.98 Å². The molecule has 0 fully saturated rings. The summed E-state index contributed by atoms with van der Waals surface area (Å²) in [6.45, 7) is 0.776. The first-order chi connectivity index (χ1) is 14.8. The van der Waals surface area contributed by atoms with Gasteiger partial charge in [0.1, 0.15) is 0 Å². The molecular formula is C26H24Cl2N4. The molecule has 0 unspecified atom stereocenters. The molecule has 0 atom stereocenters. The Bertz CT molecular complexity index is 1350. The second-order valence-corrected chi connectivity index (χ2v) is 8.05. The van der Waals surface area contributed by atoms with Gasteiger partial charge < -0.3 is 10.3 Å². The number of hydrogen-bond donors (Lipinski definition) is 2. The van der Waals surface area contributed by atoms with Crippen LogP contribution < -0.4 is 5.32 Å². The van der Waals surface area contributed by atoms with Gasteiger partial charge >= 0.3 is 0 Å². The van der Waals surface area contributed by atoms with E-state index in [0.29, 0.717) is 6.04 Å². The summed E-state index contributed by atoms with van der Waals surface area (Å²) in [6, 6.07) is 24.2. The first-order valence-corrected chi connectivity index (χ1v) is 10.5. The van der Waals surface area contributed by atoms with E-state index in [-0.39, 0.29) is 24.8 Å². The van der Waals surface area contributed by atoms with Crippen molar-refractivity contribution in [1.29, 1.82) is 0 Å². The Labute approximate surface area is 199 Å². The lowest BCUT2D eigenvalue weighted by Crippen LogP contribution is -2.29. The molecule has 4 nitrogen and oxygen atoms in total. The number of aromatic nitrogens is 3. The number of hydrogen-bond acceptors (Lipinski definition) is 3. The third-order valence-electron chi connectivity index (χ3n) is 6.22. The monoisotopic (exact) mass is 462 g/mol. The fraction of sp³-hybridized carbons (Fsp3) is 0.154. The standard InChI is InChI=1S/C26H22N4.2ClH/c1-2-6-18-12-20(11-17(18)5-1)27-15-26-22-8-4-3-7-21(22)23(14-28-26)19-9-10-24-25(13-19)30-16-29-24;;/h1-10,13-14,16,20,27H,11-12,15H2,(H,29,30);2*1H. The molecule has 0 spiro atoms. The highest BCUT2D eigenvalue weighted by Gasteiger charge is 2.20. The predicted octanol–water partition coefficient (Wildman–Crippen LogP) is 5.88. The van der Waals surface area contributed by atoms with Crippen LogP contribution in [0, 0.1) is 0 Å². The lowest BCUT2D eigenvalue weighted by molar-refractivity contribution is 0.529. The largest absolute Gasteiger partial charge is 0.345 e. The van der Waals surface area contributed by atoms with Crippen LogP contribution in [0.4, 0.5) is 0 Å². The first-order valence-electron chi connectivity index (χ1n) is 10.5. The van der Waals surface area contributed by atoms with E-state index < -0.39 is 0 Å². The fourth-order valence-corrected chi connectivity index (χ4v) is 4.67. The van der Waals surface area contributed by atoms with Crippen LogP contribution >= 0.6 is 24.8 Å². The summed E-state index contributed by atoms with van der Waals surface area (Å²) in [5.41, 5.74) is 8.36. The summed E-state index contributed by atoms with van der Waals surface area (Å²) < 4.78 is 0. The molecule has 6 rings (SSSR count). The van der Waals surface area contributed by atoms with Crippen LogP contribution in [0.25, 0.3) is 32.9 Å². The molecule has 1 aliphatic rings. The quantitative estimate of drug-likeness (QED) is 0.350. The first kappa shape index (κ1) is 22.3. The van der Waals surface area contributed by atoms with Crippen molar-refractivity contribution < 1.29 is 0 Å². The molecule has 0 saturated carbocycles. The van der Waals surface area contributed by atoms with E-state index in [1.54, 1.807) is 6.33 Å². The number of nitrogens with zero attached hydrogens (tertiary/aromatic N) is 2. The van der Waals surface area contributed by atoms with Gasteiger partial charge in [-0.25, -0.2) is 4.98 Å². The smallest absolute Gasteiger partial charge is 0.0931 e. The van der Waals surface area contributed by atoms with E-state index in [0.717, 1.165) is 47.2 Å². The van der Waals surface area contributed by atoms with Gasteiger partial charge in [-0.05, 0) is 47.1 Å². The van der Waals surface area contributed by atoms with Crippen LogP contribution in [-0.4, -0.2) is 21.0 Å². The fourth-order valence-electron chi connectivity index (χ4n) is 4.67. The van der Waals surface area contributed by atoms with Gasteiger partial charge in [-0.15, -0.1) is 24.8 Å². The van der Waals surface area contributed by atoms with Crippen molar-refractivity contribution in [3.05, 3.63) is 96.1 Å². The van der Waals surface area contributed by atoms with Crippen molar-refractivity contribution in [2.45, 2.75) is 25.4 Å². The minimum Gasteiger partial charge on any atom is -0.345 e. The average molecular weight is 463 g/mol. The summed E-state index contributed by atoms with van der Waals surface area (Å²) in [7, 11) is 0. The van der Waals surface area contributed by atoms with Crippen molar-refractivity contribution in [3.63, 3.8) is 0 Å². The van der Waals surface area contributed by atoms with Crippen molar-refractivity contribution in [1.82, 2.24) is 20.3 Å². The molecular weight excluding hydrogens is 439 g/mol. The number of nitrogens with one attached hydrogen (secondary N) is 2. The average Bonchev–Trinajstić information content (AvgIpc) is 3.43. The Kier molecular flexibility index (Phi) is 6.47. The lowest BCUT2D eigenvalue weighted by Gasteiger charge is -2.15. The summed E-state index contributed by atoms with van der Waals surface area (Å²) in [5, 5.41) is 6.18. The molecule has 1 aliphatic carbocycles. The van der Waals surface area contributed by atoms with Gasteiger partial charge in [-0.2, -0.15) is 0 Å². The molecule has 32 heavy (non-hydrogen) atoms. The molecule has 2 aromatic heterocycles. The van der Waals surface area contributed by atoms with Gasteiger partial charge in [0.2, 0.25) is 0 Å². The molecule has 2 N–H and O–H groups in total. The Hall–Kier alpha value is -2.92. The third kappa shape index (κ3) is 3.97. The highest BCUT2D eigenvalue weighted by Crippen LogP contribution is 2.31. The van der Waals surface area contributed by atoms with Crippen LogP contribution in [0.5, 0.6) is 0 Å². The molecule has 162 valence electrons. The van der Waals surface area contributed by atoms with Crippen LogP contribution in [0.1, 0.15) is 16.8 Å². The third-order valence-corrected chi connectivity index (χ3v) is 6.22.